The number of H-pyrrole nitrogens is 1. The maximum Gasteiger partial charge on any atom is 0.272 e. The number of benzene rings is 1. The van der Waals surface area contributed by atoms with E-state index in [0.717, 1.165) is 29.7 Å². The first kappa shape index (κ1) is 23.2. The number of carbonyl (C=O) groups is 1. The van der Waals surface area contributed by atoms with E-state index >= 15 is 0 Å². The Labute approximate surface area is 202 Å². The molecule has 3 aromatic heterocycles. The van der Waals surface area contributed by atoms with Gasteiger partial charge in [-0.2, -0.15) is 5.10 Å². The van der Waals surface area contributed by atoms with Crippen LogP contribution in [0, 0.1) is 5.82 Å². The summed E-state index contributed by atoms with van der Waals surface area (Å²) < 4.78 is 16.1. The van der Waals surface area contributed by atoms with Crippen LogP contribution in [-0.2, 0) is 12.1 Å². The minimum atomic E-state index is -0.569. The van der Waals surface area contributed by atoms with E-state index < -0.39 is 11.4 Å². The fourth-order valence-electron chi connectivity index (χ4n) is 4.57. The smallest absolute Gasteiger partial charge is 0.272 e. The molecule has 1 aliphatic rings. The van der Waals surface area contributed by atoms with Crippen LogP contribution in [0.25, 0.3) is 22.2 Å². The Balaban J connectivity index is 1.34. The Morgan fingerprint density at radius 1 is 1.26 bits per heavy atom. The largest absolute Gasteiger partial charge is 0.394 e. The van der Waals surface area contributed by atoms with Gasteiger partial charge in [-0.05, 0) is 62.1 Å². The number of carbonyl (C=O) groups excluding carboxylic acids is 1. The van der Waals surface area contributed by atoms with Gasteiger partial charge in [0.15, 0.2) is 5.69 Å². The number of aliphatic hydroxyl groups is 1. The zero-order chi connectivity index (χ0) is 24.6. The second kappa shape index (κ2) is 9.22. The molecule has 0 bridgehead atoms. The lowest BCUT2D eigenvalue weighted by atomic mass is 10.0. The number of halogens is 1. The molecule has 35 heavy (non-hydrogen) atoms. The number of aromatic nitrogens is 5. The number of aromatic amines is 1. The molecule has 1 amide bonds. The van der Waals surface area contributed by atoms with Crippen molar-refractivity contribution in [3.05, 3.63) is 65.8 Å². The maximum absolute atomic E-state index is 14.4. The molecule has 9 heteroatoms. The summed E-state index contributed by atoms with van der Waals surface area (Å²) in [7, 11) is 0. The van der Waals surface area contributed by atoms with Crippen LogP contribution in [-0.4, -0.2) is 42.4 Å². The van der Waals surface area contributed by atoms with Gasteiger partial charge in [0.1, 0.15) is 17.2 Å². The third-order valence-electron chi connectivity index (χ3n) is 6.71. The molecule has 1 saturated carbocycles. The highest BCUT2D eigenvalue weighted by Crippen LogP contribution is 2.33. The predicted molar refractivity (Wildman–Crippen MR) is 130 cm³/mol. The molecule has 4 aromatic rings. The van der Waals surface area contributed by atoms with Gasteiger partial charge in [0.2, 0.25) is 0 Å². The minimum absolute atomic E-state index is 0.0759. The van der Waals surface area contributed by atoms with Crippen molar-refractivity contribution >= 4 is 16.9 Å². The van der Waals surface area contributed by atoms with Gasteiger partial charge < -0.3 is 15.4 Å². The lowest BCUT2D eigenvalue weighted by molar-refractivity contribution is 0.0947. The quantitative estimate of drug-likeness (QED) is 0.369. The van der Waals surface area contributed by atoms with Crippen LogP contribution >= 0.6 is 0 Å². The summed E-state index contributed by atoms with van der Waals surface area (Å²) in [6, 6.07) is 6.47. The molecule has 8 nitrogen and oxygen atoms in total. The molecule has 1 fully saturated rings. The highest BCUT2D eigenvalue weighted by atomic mass is 19.1. The van der Waals surface area contributed by atoms with Crippen molar-refractivity contribution in [2.24, 2.45) is 0 Å². The molecule has 5 rings (SSSR count). The number of aliphatic hydroxyl groups excluding tert-OH is 1. The number of rotatable bonds is 7. The average molecular weight is 477 g/mol. The Hall–Kier alpha value is -3.59. The minimum Gasteiger partial charge on any atom is -0.394 e. The van der Waals surface area contributed by atoms with E-state index in [2.05, 4.69) is 20.4 Å². The van der Waals surface area contributed by atoms with Crippen molar-refractivity contribution in [3.63, 3.8) is 0 Å². The predicted octanol–water partition coefficient (Wildman–Crippen LogP) is 4.28. The van der Waals surface area contributed by atoms with Crippen molar-refractivity contribution in [2.75, 3.05) is 6.61 Å². The van der Waals surface area contributed by atoms with E-state index in [1.165, 1.54) is 25.0 Å². The Morgan fingerprint density at radius 3 is 2.83 bits per heavy atom. The molecule has 3 heterocycles. The van der Waals surface area contributed by atoms with E-state index in [1.54, 1.807) is 23.3 Å². The molecule has 3 N–H and O–H groups in total. The number of pyridine rings is 1. The fourth-order valence-corrected chi connectivity index (χ4v) is 4.57. The van der Waals surface area contributed by atoms with Gasteiger partial charge in [0, 0.05) is 30.4 Å². The maximum atomic E-state index is 14.4. The molecule has 0 saturated heterocycles. The number of nitrogens with one attached hydrogen (secondary N) is 2. The summed E-state index contributed by atoms with van der Waals surface area (Å²) in [5.41, 5.74) is 3.02. The lowest BCUT2D eigenvalue weighted by Crippen LogP contribution is -2.30. The molecule has 0 unspecified atom stereocenters. The van der Waals surface area contributed by atoms with Gasteiger partial charge in [-0.3, -0.25) is 9.48 Å². The van der Waals surface area contributed by atoms with Gasteiger partial charge in [-0.25, -0.2) is 14.4 Å². The zero-order valence-electron chi connectivity index (χ0n) is 19.9. The lowest BCUT2D eigenvalue weighted by Gasteiger charge is -2.22. The van der Waals surface area contributed by atoms with Crippen LogP contribution in [0.1, 0.15) is 67.3 Å². The summed E-state index contributed by atoms with van der Waals surface area (Å²) in [5, 5.41) is 16.8. The van der Waals surface area contributed by atoms with Crippen LogP contribution < -0.4 is 5.32 Å². The Bertz CT molecular complexity index is 1370. The molecule has 1 aliphatic carbocycles. The Morgan fingerprint density at radius 2 is 2.06 bits per heavy atom. The molecule has 182 valence electrons. The average Bonchev–Trinajstić information content (AvgIpc) is 3.61. The molecule has 0 radical (unpaired) electrons. The van der Waals surface area contributed by atoms with Crippen molar-refractivity contribution in [2.45, 2.75) is 57.5 Å². The summed E-state index contributed by atoms with van der Waals surface area (Å²) >= 11 is 0. The van der Waals surface area contributed by atoms with Crippen LogP contribution in [0.3, 0.4) is 0 Å². The molecular weight excluding hydrogens is 447 g/mol. The van der Waals surface area contributed by atoms with Crippen LogP contribution in [0.5, 0.6) is 0 Å². The van der Waals surface area contributed by atoms with E-state index in [1.807, 2.05) is 26.0 Å². The number of amides is 1. The van der Waals surface area contributed by atoms with E-state index in [0.29, 0.717) is 22.6 Å². The summed E-state index contributed by atoms with van der Waals surface area (Å²) in [5.74, 6) is 0.550. The van der Waals surface area contributed by atoms with E-state index in [4.69, 9.17) is 4.98 Å². The number of nitrogens with zero attached hydrogens (tertiary/aromatic N) is 4. The van der Waals surface area contributed by atoms with Crippen molar-refractivity contribution in [1.29, 1.82) is 0 Å². The van der Waals surface area contributed by atoms with Gasteiger partial charge in [0.25, 0.3) is 5.91 Å². The van der Waals surface area contributed by atoms with Crippen LogP contribution in [0.2, 0.25) is 0 Å². The first-order valence-corrected chi connectivity index (χ1v) is 11.9. The monoisotopic (exact) mass is 476 g/mol. The number of imidazole rings is 1. The van der Waals surface area contributed by atoms with Gasteiger partial charge in [-0.15, -0.1) is 0 Å². The summed E-state index contributed by atoms with van der Waals surface area (Å²) in [6.07, 6.45) is 9.61. The van der Waals surface area contributed by atoms with E-state index in [9.17, 15) is 14.3 Å². The number of hydrogen-bond acceptors (Lipinski definition) is 5. The number of fused-ring (bicyclic) bond motifs is 1. The standard InChI is InChI=1S/C26H29FN6O2/c1-26(2,15-34)33-14-19(13-30-33)18-9-16(10-20(27)11-18)12-29-25(35)23-22-21(7-8-28-23)31-24(32-22)17-5-3-4-6-17/h7-11,13-14,17,34H,3-6,12,15H2,1-2H3,(H,29,35)(H,31,32). The topological polar surface area (TPSA) is 109 Å². The normalized spacial score (nSPS) is 14.6. The fraction of sp³-hybridized carbons (Fsp3) is 0.385. The molecule has 0 aliphatic heterocycles. The zero-order valence-corrected chi connectivity index (χ0v) is 19.9. The molecule has 0 atom stereocenters. The van der Waals surface area contributed by atoms with Gasteiger partial charge in [-0.1, -0.05) is 12.8 Å². The van der Waals surface area contributed by atoms with Crippen LogP contribution in [0.15, 0.2) is 42.9 Å². The Kier molecular flexibility index (Phi) is 6.10. The summed E-state index contributed by atoms with van der Waals surface area (Å²) in [6.45, 7) is 3.78. The third-order valence-corrected chi connectivity index (χ3v) is 6.71. The van der Waals surface area contributed by atoms with Crippen molar-refractivity contribution in [3.8, 4) is 11.1 Å². The molecular formula is C26H29FN6O2. The first-order chi connectivity index (χ1) is 16.8. The SMILES string of the molecule is CC(C)(CO)n1cc(-c2cc(F)cc(CNC(=O)c3nccc4[nH]c(C5CCCC5)nc34)c2)cn1. The highest BCUT2D eigenvalue weighted by Gasteiger charge is 2.23. The van der Waals surface area contributed by atoms with Gasteiger partial charge in [0.05, 0.1) is 23.9 Å². The third kappa shape index (κ3) is 4.68. The van der Waals surface area contributed by atoms with Crippen LogP contribution in [0.4, 0.5) is 4.39 Å². The van der Waals surface area contributed by atoms with E-state index in [-0.39, 0.29) is 24.8 Å². The highest BCUT2D eigenvalue weighted by molar-refractivity contribution is 6.02. The second-order valence-corrected chi connectivity index (χ2v) is 9.83. The summed E-state index contributed by atoms with van der Waals surface area (Å²) in [4.78, 5) is 25.3. The molecule has 0 spiro atoms. The number of hydrogen-bond donors (Lipinski definition) is 3. The first-order valence-electron chi connectivity index (χ1n) is 11.9. The molecule has 1 aromatic carbocycles. The van der Waals surface area contributed by atoms with Gasteiger partial charge >= 0.3 is 0 Å². The van der Waals surface area contributed by atoms with Crippen molar-refractivity contribution in [1.82, 2.24) is 30.0 Å². The van der Waals surface area contributed by atoms with Crippen molar-refractivity contribution < 1.29 is 14.3 Å². The second-order valence-electron chi connectivity index (χ2n) is 9.83.